The number of carbonyl (C=O) groups excluding carboxylic acids is 2. The largest absolute Gasteiger partial charge is 0.497 e. The molecule has 2 aromatic rings. The van der Waals surface area contributed by atoms with Crippen LogP contribution in [0.15, 0.2) is 42.5 Å². The second-order valence-electron chi connectivity index (χ2n) is 7.61. The Morgan fingerprint density at radius 2 is 1.79 bits per heavy atom. The van der Waals surface area contributed by atoms with Gasteiger partial charge in [0.25, 0.3) is 0 Å². The van der Waals surface area contributed by atoms with Crippen molar-refractivity contribution in [2.24, 2.45) is 0 Å². The van der Waals surface area contributed by atoms with Crippen molar-refractivity contribution >= 4 is 27.5 Å². The number of ether oxygens (including phenoxy) is 2. The van der Waals surface area contributed by atoms with Gasteiger partial charge in [-0.05, 0) is 31.5 Å². The average Bonchev–Trinajstić information content (AvgIpc) is 2.78. The predicted molar refractivity (Wildman–Crippen MR) is 127 cm³/mol. The second kappa shape index (κ2) is 11.0. The van der Waals surface area contributed by atoms with Crippen LogP contribution in [0.2, 0.25) is 0 Å². The van der Waals surface area contributed by atoms with E-state index >= 15 is 0 Å². The van der Waals surface area contributed by atoms with E-state index in [1.165, 1.54) is 38.3 Å². The highest BCUT2D eigenvalue weighted by Gasteiger charge is 2.31. The van der Waals surface area contributed by atoms with Gasteiger partial charge in [-0.1, -0.05) is 29.8 Å². The molecule has 0 fully saturated rings. The van der Waals surface area contributed by atoms with Crippen molar-refractivity contribution in [3.8, 4) is 11.5 Å². The smallest absolute Gasteiger partial charge is 0.244 e. The van der Waals surface area contributed by atoms with Gasteiger partial charge in [0.05, 0.1) is 26.2 Å². The molecular weight excluding hydrogens is 446 g/mol. The minimum atomic E-state index is -3.87. The Kier molecular flexibility index (Phi) is 8.69. The molecule has 0 saturated carbocycles. The minimum absolute atomic E-state index is 0.145. The Hall–Kier alpha value is -3.27. The number of amides is 2. The number of aryl methyl sites for hydroxylation is 1. The molecule has 10 heteroatoms. The Morgan fingerprint density at radius 1 is 1.09 bits per heavy atom. The number of anilines is 1. The van der Waals surface area contributed by atoms with E-state index in [0.717, 1.165) is 21.7 Å². The molecule has 0 saturated heterocycles. The zero-order valence-corrected chi connectivity index (χ0v) is 20.6. The fraction of sp³-hybridized carbons (Fsp3) is 0.391. The molecule has 33 heavy (non-hydrogen) atoms. The third-order valence-corrected chi connectivity index (χ3v) is 6.31. The van der Waals surface area contributed by atoms with Crippen molar-refractivity contribution in [1.82, 2.24) is 10.2 Å². The van der Waals surface area contributed by atoms with Crippen LogP contribution in [-0.4, -0.2) is 65.2 Å². The number of sulfonamides is 1. The lowest BCUT2D eigenvalue weighted by Crippen LogP contribution is -2.50. The number of nitrogens with one attached hydrogen (secondary N) is 1. The number of hydrogen-bond donors (Lipinski definition) is 1. The number of benzene rings is 2. The number of likely N-dealkylation sites (N-methyl/N-ethyl adjacent to an activating group) is 1. The van der Waals surface area contributed by atoms with Crippen molar-refractivity contribution in [2.75, 3.05) is 38.4 Å². The second-order valence-corrected chi connectivity index (χ2v) is 9.52. The fourth-order valence-corrected chi connectivity index (χ4v) is 4.24. The summed E-state index contributed by atoms with van der Waals surface area (Å²) in [4.78, 5) is 27.2. The standard InChI is InChI=1S/C23H31N3O6S/c1-16-8-7-9-18(12-16)14-25(17(2)23(28)24-3)22(27)15-26(33(6,29)30)20-11-10-19(31-4)13-21(20)32-5/h7-13,17H,14-15H2,1-6H3,(H,24,28). The number of rotatable bonds is 10. The molecule has 0 radical (unpaired) electrons. The molecule has 0 heterocycles. The Balaban J connectivity index is 2.45. The quantitative estimate of drug-likeness (QED) is 0.561. The van der Waals surface area contributed by atoms with Crippen LogP contribution in [0.25, 0.3) is 0 Å². The lowest BCUT2D eigenvalue weighted by Gasteiger charge is -2.31. The van der Waals surface area contributed by atoms with E-state index in [1.54, 1.807) is 13.0 Å². The van der Waals surface area contributed by atoms with Crippen molar-refractivity contribution < 1.29 is 27.5 Å². The van der Waals surface area contributed by atoms with E-state index < -0.39 is 28.5 Å². The molecule has 1 N–H and O–H groups in total. The normalized spacial score (nSPS) is 11.9. The van der Waals surface area contributed by atoms with Gasteiger partial charge >= 0.3 is 0 Å². The van der Waals surface area contributed by atoms with Crippen molar-refractivity contribution in [2.45, 2.75) is 26.4 Å². The molecular formula is C23H31N3O6S. The van der Waals surface area contributed by atoms with Crippen LogP contribution in [0.1, 0.15) is 18.1 Å². The summed E-state index contributed by atoms with van der Waals surface area (Å²) in [6.45, 7) is 3.17. The molecule has 1 atom stereocenters. The maximum Gasteiger partial charge on any atom is 0.244 e. The molecule has 0 aliphatic carbocycles. The zero-order chi connectivity index (χ0) is 24.8. The Morgan fingerprint density at radius 3 is 2.33 bits per heavy atom. The zero-order valence-electron chi connectivity index (χ0n) is 19.8. The topological polar surface area (TPSA) is 105 Å². The lowest BCUT2D eigenvalue weighted by molar-refractivity contribution is -0.139. The first-order chi connectivity index (χ1) is 15.5. The van der Waals surface area contributed by atoms with Crippen molar-refractivity contribution in [3.63, 3.8) is 0 Å². The third kappa shape index (κ3) is 6.61. The first kappa shape index (κ1) is 26.0. The van der Waals surface area contributed by atoms with Crippen LogP contribution < -0.4 is 19.1 Å². The van der Waals surface area contributed by atoms with Crippen LogP contribution in [0.5, 0.6) is 11.5 Å². The maximum atomic E-state index is 13.4. The summed E-state index contributed by atoms with van der Waals surface area (Å²) in [6.07, 6.45) is 1.01. The summed E-state index contributed by atoms with van der Waals surface area (Å²) >= 11 is 0. The summed E-state index contributed by atoms with van der Waals surface area (Å²) in [5, 5.41) is 2.54. The molecule has 0 aliphatic heterocycles. The van der Waals surface area contributed by atoms with Gasteiger partial charge in [0.2, 0.25) is 21.8 Å². The van der Waals surface area contributed by atoms with Crippen LogP contribution in [-0.2, 0) is 26.2 Å². The highest BCUT2D eigenvalue weighted by molar-refractivity contribution is 7.92. The predicted octanol–water partition coefficient (Wildman–Crippen LogP) is 1.94. The number of carbonyl (C=O) groups is 2. The Labute approximate surface area is 195 Å². The summed E-state index contributed by atoms with van der Waals surface area (Å²) < 4.78 is 36.8. The lowest BCUT2D eigenvalue weighted by atomic mass is 10.1. The van der Waals surface area contributed by atoms with Gasteiger partial charge < -0.3 is 19.7 Å². The first-order valence-corrected chi connectivity index (χ1v) is 12.1. The van der Waals surface area contributed by atoms with Gasteiger partial charge in [0.15, 0.2) is 0 Å². The summed E-state index contributed by atoms with van der Waals surface area (Å²) in [6, 6.07) is 11.4. The molecule has 2 amide bonds. The molecule has 0 aliphatic rings. The van der Waals surface area contributed by atoms with E-state index in [-0.39, 0.29) is 23.9 Å². The summed E-state index contributed by atoms with van der Waals surface area (Å²) in [5.74, 6) is -0.179. The highest BCUT2D eigenvalue weighted by atomic mass is 32.2. The first-order valence-electron chi connectivity index (χ1n) is 10.3. The van der Waals surface area contributed by atoms with Crippen LogP contribution in [0.3, 0.4) is 0 Å². The third-order valence-electron chi connectivity index (χ3n) is 5.18. The van der Waals surface area contributed by atoms with E-state index in [4.69, 9.17) is 9.47 Å². The SMILES string of the molecule is CNC(=O)C(C)N(Cc1cccc(C)c1)C(=O)CN(c1ccc(OC)cc1OC)S(C)(=O)=O. The average molecular weight is 478 g/mol. The summed E-state index contributed by atoms with van der Waals surface area (Å²) in [7, 11) is 0.503. The van der Waals surface area contributed by atoms with E-state index in [2.05, 4.69) is 5.32 Å². The summed E-state index contributed by atoms with van der Waals surface area (Å²) in [5.41, 5.74) is 2.03. The molecule has 2 aromatic carbocycles. The fourth-order valence-electron chi connectivity index (χ4n) is 3.38. The van der Waals surface area contributed by atoms with Gasteiger partial charge in [-0.3, -0.25) is 13.9 Å². The number of hydrogen-bond acceptors (Lipinski definition) is 6. The van der Waals surface area contributed by atoms with Gasteiger partial charge in [0, 0.05) is 19.7 Å². The monoisotopic (exact) mass is 477 g/mol. The van der Waals surface area contributed by atoms with Crippen LogP contribution in [0.4, 0.5) is 5.69 Å². The number of methoxy groups -OCH3 is 2. The molecule has 2 rings (SSSR count). The van der Waals surface area contributed by atoms with Gasteiger partial charge in [0.1, 0.15) is 24.1 Å². The molecule has 9 nitrogen and oxygen atoms in total. The molecule has 0 aromatic heterocycles. The molecule has 1 unspecified atom stereocenters. The maximum absolute atomic E-state index is 13.4. The van der Waals surface area contributed by atoms with E-state index in [0.29, 0.717) is 5.75 Å². The van der Waals surface area contributed by atoms with Crippen LogP contribution >= 0.6 is 0 Å². The minimum Gasteiger partial charge on any atom is -0.497 e. The van der Waals surface area contributed by atoms with E-state index in [9.17, 15) is 18.0 Å². The van der Waals surface area contributed by atoms with Crippen molar-refractivity contribution in [1.29, 1.82) is 0 Å². The molecule has 0 bridgehead atoms. The molecule has 180 valence electrons. The Bertz CT molecular complexity index is 1100. The van der Waals surface area contributed by atoms with Gasteiger partial charge in [-0.25, -0.2) is 8.42 Å². The highest BCUT2D eigenvalue weighted by Crippen LogP contribution is 2.33. The van der Waals surface area contributed by atoms with Gasteiger partial charge in [-0.15, -0.1) is 0 Å². The van der Waals surface area contributed by atoms with Crippen molar-refractivity contribution in [3.05, 3.63) is 53.6 Å². The van der Waals surface area contributed by atoms with E-state index in [1.807, 2.05) is 31.2 Å². The molecule has 0 spiro atoms. The van der Waals surface area contributed by atoms with Crippen LogP contribution in [0, 0.1) is 6.92 Å². The van der Waals surface area contributed by atoms with Gasteiger partial charge in [-0.2, -0.15) is 0 Å². The number of nitrogens with zero attached hydrogens (tertiary/aromatic N) is 2.